The third-order valence-corrected chi connectivity index (χ3v) is 3.85. The fourth-order valence-electron chi connectivity index (χ4n) is 2.52. The van der Waals surface area contributed by atoms with Gasteiger partial charge in [-0.05, 0) is 31.5 Å². The summed E-state index contributed by atoms with van der Waals surface area (Å²) in [6.07, 6.45) is 0.887. The molecule has 2 atom stereocenters. The number of nitro groups is 1. The summed E-state index contributed by atoms with van der Waals surface area (Å²) in [5, 5.41) is 17.1. The number of methoxy groups -OCH3 is 1. The van der Waals surface area contributed by atoms with Crippen LogP contribution < -0.4 is 20.1 Å². The van der Waals surface area contributed by atoms with E-state index in [0.29, 0.717) is 11.7 Å². The van der Waals surface area contributed by atoms with E-state index in [1.165, 1.54) is 25.3 Å². The predicted molar refractivity (Wildman–Crippen MR) is 83.7 cm³/mol. The van der Waals surface area contributed by atoms with Gasteiger partial charge in [0, 0.05) is 18.2 Å². The van der Waals surface area contributed by atoms with Crippen molar-refractivity contribution in [1.82, 2.24) is 10.6 Å². The van der Waals surface area contributed by atoms with Crippen molar-refractivity contribution in [2.24, 2.45) is 5.92 Å². The van der Waals surface area contributed by atoms with Crippen LogP contribution >= 0.6 is 0 Å². The number of nitro benzene ring substituents is 1. The maximum absolute atomic E-state index is 12.0. The van der Waals surface area contributed by atoms with Crippen molar-refractivity contribution in [1.29, 1.82) is 0 Å². The minimum atomic E-state index is -0.534. The normalized spacial score (nSPS) is 20.6. The van der Waals surface area contributed by atoms with E-state index in [2.05, 4.69) is 17.6 Å². The number of rotatable bonds is 6. The van der Waals surface area contributed by atoms with Crippen molar-refractivity contribution >= 4 is 11.6 Å². The first-order valence-corrected chi connectivity index (χ1v) is 7.46. The van der Waals surface area contributed by atoms with Crippen LogP contribution in [-0.4, -0.2) is 43.7 Å². The van der Waals surface area contributed by atoms with Crippen LogP contribution in [0.15, 0.2) is 18.2 Å². The van der Waals surface area contributed by atoms with Gasteiger partial charge in [-0.15, -0.1) is 0 Å². The Hall–Kier alpha value is -2.35. The van der Waals surface area contributed by atoms with Crippen LogP contribution in [0.3, 0.4) is 0 Å². The first-order chi connectivity index (χ1) is 11.0. The first-order valence-electron chi connectivity index (χ1n) is 7.46. The second-order valence-electron chi connectivity index (χ2n) is 5.52. The Balaban J connectivity index is 1.90. The Morgan fingerprint density at radius 3 is 2.96 bits per heavy atom. The monoisotopic (exact) mass is 323 g/mol. The minimum Gasteiger partial charge on any atom is -0.490 e. The zero-order valence-electron chi connectivity index (χ0n) is 13.2. The fourth-order valence-corrected chi connectivity index (χ4v) is 2.52. The highest BCUT2D eigenvalue weighted by Crippen LogP contribution is 2.30. The maximum Gasteiger partial charge on any atom is 0.311 e. The molecule has 8 nitrogen and oxygen atoms in total. The molecule has 1 aliphatic heterocycles. The van der Waals surface area contributed by atoms with E-state index in [-0.39, 0.29) is 30.0 Å². The number of carbonyl (C=O) groups excluding carboxylic acids is 1. The van der Waals surface area contributed by atoms with Crippen molar-refractivity contribution in [3.05, 3.63) is 28.3 Å². The number of carbonyl (C=O) groups is 1. The lowest BCUT2D eigenvalue weighted by Crippen LogP contribution is -2.49. The number of ether oxygens (including phenoxy) is 2. The molecule has 2 rings (SSSR count). The largest absolute Gasteiger partial charge is 0.490 e. The standard InChI is InChI=1S/C15H21N3O5/c1-10-8-16-6-5-12(10)17-15(19)9-23-11-3-4-13(18(20)21)14(7-11)22-2/h3-4,7,10,12,16H,5-6,8-9H2,1-2H3,(H,17,19). The molecule has 8 heteroatoms. The summed E-state index contributed by atoms with van der Waals surface area (Å²) in [5.41, 5.74) is -0.146. The van der Waals surface area contributed by atoms with E-state index in [1.807, 2.05) is 0 Å². The predicted octanol–water partition coefficient (Wildman–Crippen LogP) is 1.10. The van der Waals surface area contributed by atoms with Crippen LogP contribution in [0.1, 0.15) is 13.3 Å². The highest BCUT2D eigenvalue weighted by Gasteiger charge is 2.22. The summed E-state index contributed by atoms with van der Waals surface area (Å²) in [5.74, 6) is 0.606. The van der Waals surface area contributed by atoms with Crippen LogP contribution in [0, 0.1) is 16.0 Å². The fraction of sp³-hybridized carbons (Fsp3) is 0.533. The van der Waals surface area contributed by atoms with E-state index in [1.54, 1.807) is 0 Å². The number of piperidine rings is 1. The molecule has 2 unspecified atom stereocenters. The molecule has 0 saturated carbocycles. The number of amides is 1. The number of hydrogen-bond donors (Lipinski definition) is 2. The molecule has 1 heterocycles. The Kier molecular flexibility index (Phi) is 5.75. The molecule has 0 aliphatic carbocycles. The average Bonchev–Trinajstić information content (AvgIpc) is 2.54. The zero-order chi connectivity index (χ0) is 16.8. The van der Waals surface area contributed by atoms with Gasteiger partial charge in [0.1, 0.15) is 5.75 Å². The Bertz CT molecular complexity index is 578. The summed E-state index contributed by atoms with van der Waals surface area (Å²) in [6.45, 7) is 3.71. The number of benzene rings is 1. The second kappa shape index (κ2) is 7.77. The van der Waals surface area contributed by atoms with E-state index < -0.39 is 4.92 Å². The highest BCUT2D eigenvalue weighted by atomic mass is 16.6. The van der Waals surface area contributed by atoms with E-state index >= 15 is 0 Å². The van der Waals surface area contributed by atoms with Gasteiger partial charge in [-0.25, -0.2) is 0 Å². The van der Waals surface area contributed by atoms with Gasteiger partial charge in [-0.3, -0.25) is 14.9 Å². The van der Waals surface area contributed by atoms with Crippen molar-refractivity contribution < 1.29 is 19.2 Å². The van der Waals surface area contributed by atoms with Gasteiger partial charge < -0.3 is 20.1 Å². The van der Waals surface area contributed by atoms with Crippen molar-refractivity contribution in [2.75, 3.05) is 26.8 Å². The lowest BCUT2D eigenvalue weighted by molar-refractivity contribution is -0.385. The Morgan fingerprint density at radius 1 is 1.52 bits per heavy atom. The van der Waals surface area contributed by atoms with Gasteiger partial charge in [0.15, 0.2) is 6.61 Å². The molecular weight excluding hydrogens is 302 g/mol. The summed E-state index contributed by atoms with van der Waals surface area (Å²) in [4.78, 5) is 22.3. The minimum absolute atomic E-state index is 0.0971. The molecule has 23 heavy (non-hydrogen) atoms. The number of nitrogens with one attached hydrogen (secondary N) is 2. The van der Waals surface area contributed by atoms with Gasteiger partial charge in [0.2, 0.25) is 5.75 Å². The second-order valence-corrected chi connectivity index (χ2v) is 5.52. The van der Waals surface area contributed by atoms with Crippen LogP contribution in [0.4, 0.5) is 5.69 Å². The highest BCUT2D eigenvalue weighted by molar-refractivity contribution is 5.78. The van der Waals surface area contributed by atoms with Crippen molar-refractivity contribution in [3.63, 3.8) is 0 Å². The number of nitrogens with zero attached hydrogens (tertiary/aromatic N) is 1. The molecule has 0 bridgehead atoms. The molecule has 1 amide bonds. The van der Waals surface area contributed by atoms with Gasteiger partial charge >= 0.3 is 5.69 Å². The molecule has 1 fully saturated rings. The lowest BCUT2D eigenvalue weighted by atomic mass is 9.95. The summed E-state index contributed by atoms with van der Waals surface area (Å²) < 4.78 is 10.4. The van der Waals surface area contributed by atoms with Crippen molar-refractivity contribution in [3.8, 4) is 11.5 Å². The van der Waals surface area contributed by atoms with Crippen LogP contribution in [0.2, 0.25) is 0 Å². The molecule has 0 radical (unpaired) electrons. The maximum atomic E-state index is 12.0. The van der Waals surface area contributed by atoms with Gasteiger partial charge in [-0.2, -0.15) is 0 Å². The van der Waals surface area contributed by atoms with E-state index in [4.69, 9.17) is 9.47 Å². The number of hydrogen-bond acceptors (Lipinski definition) is 6. The topological polar surface area (TPSA) is 103 Å². The van der Waals surface area contributed by atoms with Crippen LogP contribution in [-0.2, 0) is 4.79 Å². The van der Waals surface area contributed by atoms with Gasteiger partial charge in [0.25, 0.3) is 5.91 Å². The third kappa shape index (κ3) is 4.56. The van der Waals surface area contributed by atoms with E-state index in [0.717, 1.165) is 19.5 Å². The Labute approximate surface area is 134 Å². The molecular formula is C15H21N3O5. The Morgan fingerprint density at radius 2 is 2.30 bits per heavy atom. The quantitative estimate of drug-likeness (QED) is 0.600. The molecule has 1 aliphatic rings. The molecule has 0 spiro atoms. The van der Waals surface area contributed by atoms with Crippen LogP contribution in [0.5, 0.6) is 11.5 Å². The van der Waals surface area contributed by atoms with Gasteiger partial charge in [-0.1, -0.05) is 6.92 Å². The summed E-state index contributed by atoms with van der Waals surface area (Å²) in [7, 11) is 1.34. The summed E-state index contributed by atoms with van der Waals surface area (Å²) >= 11 is 0. The molecule has 1 aromatic rings. The zero-order valence-corrected chi connectivity index (χ0v) is 13.2. The molecule has 1 aromatic carbocycles. The molecule has 126 valence electrons. The van der Waals surface area contributed by atoms with E-state index in [9.17, 15) is 14.9 Å². The first kappa shape index (κ1) is 17.0. The third-order valence-electron chi connectivity index (χ3n) is 3.85. The molecule has 2 N–H and O–H groups in total. The SMILES string of the molecule is COc1cc(OCC(=O)NC2CCNCC2C)ccc1[N+](=O)[O-]. The summed E-state index contributed by atoms with van der Waals surface area (Å²) in [6, 6.07) is 4.28. The average molecular weight is 323 g/mol. The van der Waals surface area contributed by atoms with Crippen molar-refractivity contribution in [2.45, 2.75) is 19.4 Å². The smallest absolute Gasteiger partial charge is 0.311 e. The lowest BCUT2D eigenvalue weighted by Gasteiger charge is -2.30. The van der Waals surface area contributed by atoms with Gasteiger partial charge in [0.05, 0.1) is 12.0 Å². The molecule has 1 saturated heterocycles. The molecule has 0 aromatic heterocycles. The van der Waals surface area contributed by atoms with Crippen LogP contribution in [0.25, 0.3) is 0 Å².